The summed E-state index contributed by atoms with van der Waals surface area (Å²) in [5.41, 5.74) is -0.748. The third-order valence-electron chi connectivity index (χ3n) is 2.77. The fraction of sp³-hybridized carbons (Fsp3) is 0.333. The van der Waals surface area contributed by atoms with E-state index in [9.17, 15) is 13.2 Å². The highest BCUT2D eigenvalue weighted by Crippen LogP contribution is 2.29. The molecule has 0 amide bonds. The molecule has 2 rings (SSSR count). The van der Waals surface area contributed by atoms with Crippen LogP contribution in [-0.4, -0.2) is 21.6 Å². The van der Waals surface area contributed by atoms with Crippen molar-refractivity contribution in [3.05, 3.63) is 42.1 Å². The Balaban J connectivity index is 2.12. The van der Waals surface area contributed by atoms with Gasteiger partial charge in [0.15, 0.2) is 0 Å². The number of aromatic nitrogens is 3. The van der Waals surface area contributed by atoms with Crippen molar-refractivity contribution in [3.8, 4) is 0 Å². The van der Waals surface area contributed by atoms with Crippen molar-refractivity contribution in [2.24, 2.45) is 7.05 Å². The first-order valence-corrected chi connectivity index (χ1v) is 5.58. The number of alkyl halides is 3. The predicted octanol–water partition coefficient (Wildman–Crippen LogP) is 2.47. The molecular formula is C12H13F3N4. The molecule has 0 saturated heterocycles. The summed E-state index contributed by atoms with van der Waals surface area (Å²) in [6, 6.07) is 2.38. The highest BCUT2D eigenvalue weighted by Gasteiger charge is 2.30. The molecule has 0 aliphatic rings. The van der Waals surface area contributed by atoms with Crippen LogP contribution in [-0.2, 0) is 19.8 Å². The van der Waals surface area contributed by atoms with Crippen LogP contribution in [0.5, 0.6) is 0 Å². The minimum atomic E-state index is -4.36. The summed E-state index contributed by atoms with van der Waals surface area (Å²) in [7, 11) is 3.61. The van der Waals surface area contributed by atoms with Crippen molar-refractivity contribution in [3.63, 3.8) is 0 Å². The van der Waals surface area contributed by atoms with Crippen LogP contribution in [0.4, 0.5) is 19.0 Å². The predicted molar refractivity (Wildman–Crippen MR) is 64.6 cm³/mol. The van der Waals surface area contributed by atoms with Gasteiger partial charge in [0.1, 0.15) is 11.6 Å². The number of hydrogen-bond acceptors (Lipinski definition) is 3. The van der Waals surface area contributed by atoms with E-state index in [4.69, 9.17) is 0 Å². The summed E-state index contributed by atoms with van der Waals surface area (Å²) in [5, 5.41) is 0. The zero-order valence-corrected chi connectivity index (χ0v) is 10.5. The molecule has 2 aromatic heterocycles. The SMILES string of the molecule is CN(Cc1nccn1C)c1ccc(C(F)(F)F)cn1. The van der Waals surface area contributed by atoms with E-state index < -0.39 is 11.7 Å². The lowest BCUT2D eigenvalue weighted by atomic mass is 10.2. The Kier molecular flexibility index (Phi) is 3.46. The molecule has 0 N–H and O–H groups in total. The molecule has 0 radical (unpaired) electrons. The Labute approximate surface area is 108 Å². The fourth-order valence-electron chi connectivity index (χ4n) is 1.62. The summed E-state index contributed by atoms with van der Waals surface area (Å²) < 4.78 is 39.1. The van der Waals surface area contributed by atoms with Gasteiger partial charge in [-0.25, -0.2) is 9.97 Å². The summed E-state index contributed by atoms with van der Waals surface area (Å²) in [5.74, 6) is 1.28. The van der Waals surface area contributed by atoms with Gasteiger partial charge in [-0.15, -0.1) is 0 Å². The zero-order valence-electron chi connectivity index (χ0n) is 10.5. The van der Waals surface area contributed by atoms with Gasteiger partial charge >= 0.3 is 6.18 Å². The molecule has 4 nitrogen and oxygen atoms in total. The second-order valence-corrected chi connectivity index (χ2v) is 4.21. The molecule has 2 aromatic rings. The maximum atomic E-state index is 12.4. The van der Waals surface area contributed by atoms with E-state index in [1.165, 1.54) is 6.07 Å². The molecule has 0 saturated carbocycles. The first kappa shape index (κ1) is 13.4. The van der Waals surface area contributed by atoms with Crippen molar-refractivity contribution < 1.29 is 13.2 Å². The van der Waals surface area contributed by atoms with Gasteiger partial charge in [-0.3, -0.25) is 0 Å². The lowest BCUT2D eigenvalue weighted by Gasteiger charge is -2.18. The number of anilines is 1. The molecule has 102 valence electrons. The molecule has 0 aliphatic heterocycles. The lowest BCUT2D eigenvalue weighted by molar-refractivity contribution is -0.137. The summed E-state index contributed by atoms with van der Waals surface area (Å²) >= 11 is 0. The quantitative estimate of drug-likeness (QED) is 0.859. The van der Waals surface area contributed by atoms with Gasteiger partial charge in [-0.2, -0.15) is 13.2 Å². The number of pyridine rings is 1. The molecule has 0 aromatic carbocycles. The average Bonchev–Trinajstić information content (AvgIpc) is 2.74. The minimum Gasteiger partial charge on any atom is -0.352 e. The molecule has 0 bridgehead atoms. The van der Waals surface area contributed by atoms with Crippen molar-refractivity contribution >= 4 is 5.82 Å². The van der Waals surface area contributed by atoms with Crippen molar-refractivity contribution in [1.82, 2.24) is 14.5 Å². The number of halogens is 3. The van der Waals surface area contributed by atoms with Crippen LogP contribution in [0.25, 0.3) is 0 Å². The highest BCUT2D eigenvalue weighted by atomic mass is 19.4. The first-order chi connectivity index (χ1) is 8.88. The van der Waals surface area contributed by atoms with E-state index in [1.54, 1.807) is 18.1 Å². The van der Waals surface area contributed by atoms with Crippen molar-refractivity contribution in [2.45, 2.75) is 12.7 Å². The van der Waals surface area contributed by atoms with Crippen molar-refractivity contribution in [2.75, 3.05) is 11.9 Å². The third-order valence-corrected chi connectivity index (χ3v) is 2.77. The maximum Gasteiger partial charge on any atom is 0.417 e. The van der Waals surface area contributed by atoms with Gasteiger partial charge in [-0.1, -0.05) is 0 Å². The Hall–Kier alpha value is -2.05. The Morgan fingerprint density at radius 3 is 2.47 bits per heavy atom. The number of nitrogens with zero attached hydrogens (tertiary/aromatic N) is 4. The van der Waals surface area contributed by atoms with Gasteiger partial charge in [0.05, 0.1) is 12.1 Å². The van der Waals surface area contributed by atoms with E-state index in [1.807, 2.05) is 17.8 Å². The van der Waals surface area contributed by atoms with E-state index in [-0.39, 0.29) is 0 Å². The topological polar surface area (TPSA) is 34.0 Å². The first-order valence-electron chi connectivity index (χ1n) is 5.58. The van der Waals surface area contributed by atoms with Crippen molar-refractivity contribution in [1.29, 1.82) is 0 Å². The number of imidazole rings is 1. The standard InChI is InChI=1S/C12H13F3N4/c1-18-6-5-16-11(18)8-19(2)10-4-3-9(7-17-10)12(13,14)15/h3-7H,8H2,1-2H3. The average molecular weight is 270 g/mol. The van der Waals surface area contributed by atoms with Gasteiger partial charge in [0, 0.05) is 32.7 Å². The molecule has 0 aliphatic carbocycles. The number of hydrogen-bond donors (Lipinski definition) is 0. The summed E-state index contributed by atoms with van der Waals surface area (Å²) in [4.78, 5) is 9.71. The fourth-order valence-corrected chi connectivity index (χ4v) is 1.62. The van der Waals surface area contributed by atoms with E-state index in [0.717, 1.165) is 18.1 Å². The van der Waals surface area contributed by atoms with E-state index in [2.05, 4.69) is 9.97 Å². The summed E-state index contributed by atoms with van der Waals surface area (Å²) in [6.45, 7) is 0.474. The molecule has 2 heterocycles. The molecule has 19 heavy (non-hydrogen) atoms. The Bertz CT molecular complexity index is 545. The van der Waals surface area contributed by atoms with E-state index in [0.29, 0.717) is 12.4 Å². The maximum absolute atomic E-state index is 12.4. The van der Waals surface area contributed by atoms with Crippen LogP contribution in [0.15, 0.2) is 30.7 Å². The highest BCUT2D eigenvalue weighted by molar-refractivity contribution is 5.39. The Morgan fingerprint density at radius 1 is 1.26 bits per heavy atom. The minimum absolute atomic E-state index is 0.469. The third kappa shape index (κ3) is 3.04. The number of rotatable bonds is 3. The van der Waals surface area contributed by atoms with Crippen LogP contribution >= 0.6 is 0 Å². The normalized spacial score (nSPS) is 11.6. The van der Waals surface area contributed by atoms with Crippen LogP contribution in [0.3, 0.4) is 0 Å². The molecule has 7 heteroatoms. The van der Waals surface area contributed by atoms with Crippen LogP contribution in [0.1, 0.15) is 11.4 Å². The Morgan fingerprint density at radius 2 is 2.00 bits per heavy atom. The second-order valence-electron chi connectivity index (χ2n) is 4.21. The number of aryl methyl sites for hydroxylation is 1. The van der Waals surface area contributed by atoms with Gasteiger partial charge < -0.3 is 9.47 Å². The van der Waals surface area contributed by atoms with Gasteiger partial charge in [0.2, 0.25) is 0 Å². The molecule has 0 unspecified atom stereocenters. The largest absolute Gasteiger partial charge is 0.417 e. The van der Waals surface area contributed by atoms with Crippen LogP contribution < -0.4 is 4.90 Å². The van der Waals surface area contributed by atoms with Gasteiger partial charge in [0.25, 0.3) is 0 Å². The van der Waals surface area contributed by atoms with Crippen LogP contribution in [0, 0.1) is 0 Å². The second kappa shape index (κ2) is 4.91. The lowest BCUT2D eigenvalue weighted by Crippen LogP contribution is -2.20. The zero-order chi connectivity index (χ0) is 14.0. The summed E-state index contributed by atoms with van der Waals surface area (Å²) in [6.07, 6.45) is -0.0409. The molecule has 0 fully saturated rings. The van der Waals surface area contributed by atoms with Crippen LogP contribution in [0.2, 0.25) is 0 Å². The molecule has 0 spiro atoms. The monoisotopic (exact) mass is 270 g/mol. The smallest absolute Gasteiger partial charge is 0.352 e. The molecular weight excluding hydrogens is 257 g/mol. The van der Waals surface area contributed by atoms with E-state index >= 15 is 0 Å². The molecule has 0 atom stereocenters. The van der Waals surface area contributed by atoms with Gasteiger partial charge in [-0.05, 0) is 12.1 Å².